The Kier molecular flexibility index (Phi) is 5.37. The van der Waals surface area contributed by atoms with E-state index in [0.29, 0.717) is 10.8 Å². The SMILES string of the molecule is CCS(=O)c1ccc(-n2c(=O)ccc3cnc4ccc(-c5ccc(Cl)cc5)cc4c32)cc1. The molecule has 2 heterocycles. The van der Waals surface area contributed by atoms with Gasteiger partial charge in [-0.2, -0.15) is 0 Å². The first-order valence-electron chi connectivity index (χ1n) is 10.2. The Bertz CT molecular complexity index is 1540. The van der Waals surface area contributed by atoms with Gasteiger partial charge in [0.05, 0.1) is 21.8 Å². The number of benzene rings is 3. The molecule has 0 N–H and O–H groups in total. The molecule has 0 radical (unpaired) electrons. The highest BCUT2D eigenvalue weighted by Gasteiger charge is 2.12. The van der Waals surface area contributed by atoms with Crippen molar-refractivity contribution in [3.8, 4) is 16.8 Å². The van der Waals surface area contributed by atoms with Crippen LogP contribution in [0.4, 0.5) is 0 Å². The van der Waals surface area contributed by atoms with Gasteiger partial charge in [-0.25, -0.2) is 0 Å². The van der Waals surface area contributed by atoms with Crippen LogP contribution in [0.3, 0.4) is 0 Å². The summed E-state index contributed by atoms with van der Waals surface area (Å²) in [7, 11) is -1.04. The molecule has 0 aliphatic rings. The molecule has 0 spiro atoms. The fraction of sp³-hybridized carbons (Fsp3) is 0.0769. The Labute approximate surface area is 192 Å². The average Bonchev–Trinajstić information content (AvgIpc) is 2.83. The molecule has 5 rings (SSSR count). The maximum atomic E-state index is 13.0. The van der Waals surface area contributed by atoms with Crippen LogP contribution in [-0.4, -0.2) is 19.5 Å². The quantitative estimate of drug-likeness (QED) is 0.311. The summed E-state index contributed by atoms with van der Waals surface area (Å²) in [6, 6.07) is 24.4. The molecular formula is C26H19ClN2O2S. The molecule has 0 amide bonds. The molecule has 5 aromatic rings. The number of nitrogens with zero attached hydrogens (tertiary/aromatic N) is 2. The van der Waals surface area contributed by atoms with Gasteiger partial charge in [0.15, 0.2) is 0 Å². The first kappa shape index (κ1) is 20.6. The van der Waals surface area contributed by atoms with Gasteiger partial charge in [0.1, 0.15) is 0 Å². The number of pyridine rings is 2. The van der Waals surface area contributed by atoms with Gasteiger partial charge in [-0.3, -0.25) is 18.6 Å². The van der Waals surface area contributed by atoms with E-state index in [1.165, 1.54) is 0 Å². The second-order valence-electron chi connectivity index (χ2n) is 7.44. The Morgan fingerprint density at radius 2 is 1.62 bits per heavy atom. The van der Waals surface area contributed by atoms with E-state index >= 15 is 0 Å². The first-order valence-corrected chi connectivity index (χ1v) is 11.9. The van der Waals surface area contributed by atoms with E-state index in [9.17, 15) is 9.00 Å². The van der Waals surface area contributed by atoms with E-state index in [0.717, 1.165) is 43.5 Å². The van der Waals surface area contributed by atoms with Gasteiger partial charge in [0, 0.05) is 44.4 Å². The molecule has 158 valence electrons. The van der Waals surface area contributed by atoms with Crippen molar-refractivity contribution in [1.29, 1.82) is 0 Å². The van der Waals surface area contributed by atoms with Crippen LogP contribution in [0.5, 0.6) is 0 Å². The summed E-state index contributed by atoms with van der Waals surface area (Å²) in [5.74, 6) is 0.553. The molecule has 32 heavy (non-hydrogen) atoms. The fourth-order valence-corrected chi connectivity index (χ4v) is 4.80. The summed E-state index contributed by atoms with van der Waals surface area (Å²) in [6.07, 6.45) is 1.79. The van der Waals surface area contributed by atoms with E-state index in [4.69, 9.17) is 11.6 Å². The molecule has 1 unspecified atom stereocenters. The highest BCUT2D eigenvalue weighted by Crippen LogP contribution is 2.30. The maximum absolute atomic E-state index is 13.0. The summed E-state index contributed by atoms with van der Waals surface area (Å²) in [5.41, 5.74) is 4.23. The largest absolute Gasteiger partial charge is 0.276 e. The molecule has 0 bridgehead atoms. The predicted octanol–water partition coefficient (Wildman–Crippen LogP) is 5.99. The number of aromatic nitrogens is 2. The molecule has 4 nitrogen and oxygen atoms in total. The summed E-state index contributed by atoms with van der Waals surface area (Å²) in [6.45, 7) is 1.89. The van der Waals surface area contributed by atoms with Gasteiger partial charge in [-0.15, -0.1) is 0 Å². The Hall–Kier alpha value is -3.28. The van der Waals surface area contributed by atoms with Gasteiger partial charge < -0.3 is 0 Å². The van der Waals surface area contributed by atoms with Crippen LogP contribution < -0.4 is 5.56 Å². The van der Waals surface area contributed by atoms with Crippen molar-refractivity contribution in [2.45, 2.75) is 11.8 Å². The lowest BCUT2D eigenvalue weighted by atomic mass is 10.0. The van der Waals surface area contributed by atoms with Crippen LogP contribution >= 0.6 is 11.6 Å². The molecule has 0 saturated heterocycles. The Morgan fingerprint density at radius 3 is 2.34 bits per heavy atom. The van der Waals surface area contributed by atoms with Crippen molar-refractivity contribution in [3.63, 3.8) is 0 Å². The van der Waals surface area contributed by atoms with Gasteiger partial charge in [0.25, 0.3) is 5.56 Å². The molecule has 2 aromatic heterocycles. The van der Waals surface area contributed by atoms with Crippen LogP contribution in [-0.2, 0) is 10.8 Å². The van der Waals surface area contributed by atoms with Crippen molar-refractivity contribution in [2.75, 3.05) is 5.75 Å². The van der Waals surface area contributed by atoms with Crippen molar-refractivity contribution < 1.29 is 4.21 Å². The Morgan fingerprint density at radius 1 is 0.906 bits per heavy atom. The predicted molar refractivity (Wildman–Crippen MR) is 132 cm³/mol. The summed E-state index contributed by atoms with van der Waals surface area (Å²) >= 11 is 6.05. The van der Waals surface area contributed by atoms with E-state index in [-0.39, 0.29) is 5.56 Å². The third-order valence-electron chi connectivity index (χ3n) is 5.51. The number of rotatable bonds is 4. The third-order valence-corrected chi connectivity index (χ3v) is 7.09. The van der Waals surface area contributed by atoms with Crippen molar-refractivity contribution in [2.24, 2.45) is 0 Å². The first-order chi connectivity index (χ1) is 15.5. The van der Waals surface area contributed by atoms with E-state index in [1.807, 2.05) is 67.6 Å². The van der Waals surface area contributed by atoms with Crippen LogP contribution in [0.25, 0.3) is 38.6 Å². The van der Waals surface area contributed by atoms with Crippen LogP contribution in [0.2, 0.25) is 5.02 Å². The lowest BCUT2D eigenvalue weighted by molar-refractivity contribution is 0.684. The van der Waals surface area contributed by atoms with Crippen molar-refractivity contribution in [1.82, 2.24) is 9.55 Å². The van der Waals surface area contributed by atoms with Crippen LogP contribution in [0, 0.1) is 0 Å². The zero-order chi connectivity index (χ0) is 22.2. The minimum absolute atomic E-state index is 0.133. The minimum Gasteiger partial charge on any atom is -0.276 e. The van der Waals surface area contributed by atoms with E-state index in [2.05, 4.69) is 11.1 Å². The summed E-state index contributed by atoms with van der Waals surface area (Å²) < 4.78 is 13.8. The molecule has 6 heteroatoms. The highest BCUT2D eigenvalue weighted by molar-refractivity contribution is 7.85. The van der Waals surface area contributed by atoms with E-state index in [1.54, 1.807) is 22.9 Å². The molecule has 3 aromatic carbocycles. The van der Waals surface area contributed by atoms with Crippen LogP contribution in [0.15, 0.2) is 94.7 Å². The van der Waals surface area contributed by atoms with Gasteiger partial charge in [-0.05, 0) is 65.7 Å². The Balaban J connectivity index is 1.78. The monoisotopic (exact) mass is 458 g/mol. The van der Waals surface area contributed by atoms with Gasteiger partial charge in [-0.1, -0.05) is 36.7 Å². The number of hydrogen-bond donors (Lipinski definition) is 0. The molecule has 0 fully saturated rings. The maximum Gasteiger partial charge on any atom is 0.255 e. The zero-order valence-electron chi connectivity index (χ0n) is 17.3. The molecule has 0 aliphatic heterocycles. The minimum atomic E-state index is -1.04. The zero-order valence-corrected chi connectivity index (χ0v) is 18.9. The average molecular weight is 459 g/mol. The fourth-order valence-electron chi connectivity index (χ4n) is 3.90. The second kappa shape index (κ2) is 8.34. The normalized spacial score (nSPS) is 12.3. The van der Waals surface area contributed by atoms with Gasteiger partial charge in [0.2, 0.25) is 0 Å². The molecular weight excluding hydrogens is 440 g/mol. The van der Waals surface area contributed by atoms with Crippen LogP contribution in [0.1, 0.15) is 6.92 Å². The highest BCUT2D eigenvalue weighted by atomic mass is 35.5. The number of hydrogen-bond acceptors (Lipinski definition) is 3. The summed E-state index contributed by atoms with van der Waals surface area (Å²) in [5, 5.41) is 2.43. The lowest BCUT2D eigenvalue weighted by Gasteiger charge is -2.14. The van der Waals surface area contributed by atoms with Crippen molar-refractivity contribution in [3.05, 3.63) is 100 Å². The van der Waals surface area contributed by atoms with E-state index < -0.39 is 10.8 Å². The smallest absolute Gasteiger partial charge is 0.255 e. The molecule has 0 aliphatic carbocycles. The lowest BCUT2D eigenvalue weighted by Crippen LogP contribution is -2.17. The third kappa shape index (κ3) is 3.64. The second-order valence-corrected chi connectivity index (χ2v) is 9.61. The topological polar surface area (TPSA) is 52.0 Å². The van der Waals surface area contributed by atoms with Crippen molar-refractivity contribution >= 4 is 44.2 Å². The standard InChI is InChI=1S/C26H19ClN2O2S/c1-2-32(31)22-11-9-21(10-12-22)29-25(30)14-6-19-16-28-24-13-5-18(15-23(24)26(19)29)17-3-7-20(27)8-4-17/h3-16H,2H2,1H3. The van der Waals surface area contributed by atoms with Gasteiger partial charge >= 0.3 is 0 Å². The molecule has 0 saturated carbocycles. The number of fused-ring (bicyclic) bond motifs is 3. The summed E-state index contributed by atoms with van der Waals surface area (Å²) in [4.78, 5) is 18.4. The molecule has 1 atom stereocenters. The number of halogens is 1.